The van der Waals surface area contributed by atoms with Gasteiger partial charge in [0.1, 0.15) is 49.3 Å². The van der Waals surface area contributed by atoms with Crippen LogP contribution in [0.2, 0.25) is 0 Å². The predicted molar refractivity (Wildman–Crippen MR) is 109 cm³/mol. The minimum Gasteiger partial charge on any atom is -0.394 e. The number of hydrogen-bond acceptors (Lipinski definition) is 15. The van der Waals surface area contributed by atoms with Crippen LogP contribution >= 0.6 is 0 Å². The lowest BCUT2D eigenvalue weighted by molar-refractivity contribution is -0.383. The normalized spacial score (nSPS) is 41.2. The Hall–Kier alpha value is -0.600. The van der Waals surface area contributed by atoms with Gasteiger partial charge in [-0.25, -0.2) is 0 Å². The average molecular weight is 506 g/mol. The predicted octanol–water partition coefficient (Wildman–Crippen LogP) is -6.00. The van der Waals surface area contributed by atoms with Gasteiger partial charge >= 0.3 is 0 Å². The zero-order valence-electron chi connectivity index (χ0n) is 18.9. The second-order valence-electron chi connectivity index (χ2n) is 7.76. The minimum absolute atomic E-state index is 0.0278. The van der Waals surface area contributed by atoms with Crippen LogP contribution in [0.25, 0.3) is 0 Å². The smallest absolute Gasteiger partial charge is 0.224 e. The number of aliphatic hydroxyl groups excluding tert-OH is 10. The summed E-state index contributed by atoms with van der Waals surface area (Å²) in [6.45, 7) is 1.41. The molecule has 10 atom stereocenters. The molecule has 10 N–H and O–H groups in total. The highest BCUT2D eigenvalue weighted by atomic mass is 16.8. The molecule has 0 aromatic rings. The van der Waals surface area contributed by atoms with Crippen molar-refractivity contribution >= 4 is 0 Å². The zero-order valence-corrected chi connectivity index (χ0v) is 18.9. The van der Waals surface area contributed by atoms with Gasteiger partial charge in [0.05, 0.1) is 52.4 Å². The van der Waals surface area contributed by atoms with Gasteiger partial charge in [0.15, 0.2) is 6.29 Å². The van der Waals surface area contributed by atoms with Crippen molar-refractivity contribution in [1.29, 1.82) is 0 Å². The molecule has 3 saturated heterocycles. The molecule has 0 amide bonds. The lowest BCUT2D eigenvalue weighted by Crippen LogP contribution is -2.62. The Morgan fingerprint density at radius 3 is 1.71 bits per heavy atom. The Morgan fingerprint density at radius 1 is 0.794 bits per heavy atom. The molecule has 0 aromatic carbocycles. The van der Waals surface area contributed by atoms with Crippen LogP contribution in [0.4, 0.5) is 0 Å². The van der Waals surface area contributed by atoms with Gasteiger partial charge < -0.3 is 74.7 Å². The van der Waals surface area contributed by atoms with Crippen LogP contribution in [0, 0.1) is 0 Å². The summed E-state index contributed by atoms with van der Waals surface area (Å²) in [5.74, 6) is -2.22. The van der Waals surface area contributed by atoms with Crippen LogP contribution in [0.3, 0.4) is 0 Å². The van der Waals surface area contributed by atoms with E-state index >= 15 is 0 Å². The molecule has 0 saturated carbocycles. The van der Waals surface area contributed by atoms with E-state index in [1.807, 2.05) is 0 Å². The molecule has 15 heteroatoms. The maximum absolute atomic E-state index is 10.00. The summed E-state index contributed by atoms with van der Waals surface area (Å²) >= 11 is 0. The molecule has 0 bridgehead atoms. The van der Waals surface area contributed by atoms with Gasteiger partial charge in [0.25, 0.3) is 0 Å². The Balaban J connectivity index is 0.000000431. The lowest BCUT2D eigenvalue weighted by Gasteiger charge is -2.43. The third kappa shape index (κ3) is 8.81. The Labute approximate surface area is 196 Å². The molecule has 3 heterocycles. The van der Waals surface area contributed by atoms with Gasteiger partial charge in [-0.15, -0.1) is 0 Å². The molecular weight excluding hydrogens is 468 g/mol. The van der Waals surface area contributed by atoms with E-state index < -0.39 is 74.6 Å². The standard InChI is InChI=1S/C12H22O11.C4H10O3.C3H6O/c13-1-4-6(16)8(18)9(19)11(21-4)23-12(3-15)10(20)7(17)5(2-14)22-12;5-1-3-7-4-2-6;1-3-2-4-3/h4-11,13-20H,1-3H2;5-6H,1-4H2;3H,2H2,1H3/t4-,5-,6-,7-,8+,9-,10+,11-,12-;;/m1../s1. The fraction of sp³-hybridized carbons (Fsp3) is 1.00. The molecule has 3 aliphatic rings. The Bertz CT molecular complexity index is 532. The lowest BCUT2D eigenvalue weighted by atomic mass is 9.99. The van der Waals surface area contributed by atoms with E-state index in [0.29, 0.717) is 19.3 Å². The highest BCUT2D eigenvalue weighted by Gasteiger charge is 2.58. The molecule has 0 spiro atoms. The second-order valence-corrected chi connectivity index (χ2v) is 7.76. The number of aliphatic hydroxyl groups is 10. The monoisotopic (exact) mass is 506 g/mol. The highest BCUT2D eigenvalue weighted by Crippen LogP contribution is 2.35. The van der Waals surface area contributed by atoms with Crippen molar-refractivity contribution in [2.45, 2.75) is 67.8 Å². The summed E-state index contributed by atoms with van der Waals surface area (Å²) in [6, 6.07) is 0. The van der Waals surface area contributed by atoms with E-state index in [1.54, 1.807) is 0 Å². The molecular formula is C19H38O15. The van der Waals surface area contributed by atoms with E-state index in [9.17, 15) is 30.6 Å². The first-order valence-electron chi connectivity index (χ1n) is 10.8. The Kier molecular flexibility index (Phi) is 14.3. The molecule has 3 rings (SSSR count). The van der Waals surface area contributed by atoms with Crippen molar-refractivity contribution in [1.82, 2.24) is 0 Å². The molecule has 1 unspecified atom stereocenters. The SMILES string of the molecule is CC1CO1.OCCOCCO.OC[C@H]1O[C@](CO)(O[C@H]2O[C@H](CO)[C@@H](O)[C@H](O)[C@H]2O)[C@@H](O)[C@@H]1O. The van der Waals surface area contributed by atoms with Crippen LogP contribution in [0.15, 0.2) is 0 Å². The second kappa shape index (κ2) is 15.5. The topological polar surface area (TPSA) is 252 Å². The summed E-state index contributed by atoms with van der Waals surface area (Å²) in [6.07, 6.45) is -12.1. The van der Waals surface area contributed by atoms with Crippen molar-refractivity contribution < 1.29 is 74.7 Å². The first-order chi connectivity index (χ1) is 16.1. The van der Waals surface area contributed by atoms with Gasteiger partial charge in [-0.3, -0.25) is 0 Å². The zero-order chi connectivity index (χ0) is 25.9. The number of ether oxygens (including phenoxy) is 5. The van der Waals surface area contributed by atoms with Gasteiger partial charge in [0.2, 0.25) is 5.79 Å². The summed E-state index contributed by atoms with van der Waals surface area (Å²) in [5, 5.41) is 92.8. The molecule has 0 aliphatic carbocycles. The average Bonchev–Trinajstić information content (AvgIpc) is 3.59. The van der Waals surface area contributed by atoms with Crippen LogP contribution < -0.4 is 0 Å². The number of rotatable bonds is 9. The highest BCUT2D eigenvalue weighted by molar-refractivity contribution is 4.98. The van der Waals surface area contributed by atoms with Crippen molar-refractivity contribution in [2.75, 3.05) is 52.9 Å². The number of epoxide rings is 1. The van der Waals surface area contributed by atoms with Crippen LogP contribution in [-0.2, 0) is 23.7 Å². The number of hydrogen-bond donors (Lipinski definition) is 10. The molecule has 0 radical (unpaired) electrons. The fourth-order valence-electron chi connectivity index (χ4n) is 2.96. The first kappa shape index (κ1) is 31.4. The molecule has 15 nitrogen and oxygen atoms in total. The van der Waals surface area contributed by atoms with Gasteiger partial charge in [0, 0.05) is 0 Å². The van der Waals surface area contributed by atoms with E-state index in [2.05, 4.69) is 11.7 Å². The maximum Gasteiger partial charge on any atom is 0.224 e. The molecule has 3 aliphatic heterocycles. The van der Waals surface area contributed by atoms with Crippen molar-refractivity contribution in [3.05, 3.63) is 0 Å². The van der Waals surface area contributed by atoms with E-state index in [-0.39, 0.29) is 13.2 Å². The van der Waals surface area contributed by atoms with Crippen molar-refractivity contribution in [2.24, 2.45) is 0 Å². The molecule has 204 valence electrons. The molecule has 0 aromatic heterocycles. The van der Waals surface area contributed by atoms with Crippen LogP contribution in [0.1, 0.15) is 6.92 Å². The maximum atomic E-state index is 10.00. The summed E-state index contributed by atoms with van der Waals surface area (Å²) in [4.78, 5) is 0. The quantitative estimate of drug-likeness (QED) is 0.103. The molecule has 34 heavy (non-hydrogen) atoms. The van der Waals surface area contributed by atoms with Crippen LogP contribution in [-0.4, -0.2) is 165 Å². The largest absolute Gasteiger partial charge is 0.394 e. The van der Waals surface area contributed by atoms with Crippen LogP contribution in [0.5, 0.6) is 0 Å². The van der Waals surface area contributed by atoms with E-state index in [4.69, 9.17) is 39.4 Å². The minimum atomic E-state index is -2.22. The van der Waals surface area contributed by atoms with Crippen molar-refractivity contribution in [3.63, 3.8) is 0 Å². The third-order valence-electron chi connectivity index (χ3n) is 5.04. The van der Waals surface area contributed by atoms with Gasteiger partial charge in [-0.2, -0.15) is 0 Å². The van der Waals surface area contributed by atoms with Gasteiger partial charge in [-0.05, 0) is 6.92 Å². The Morgan fingerprint density at radius 2 is 1.32 bits per heavy atom. The molecule has 3 fully saturated rings. The summed E-state index contributed by atoms with van der Waals surface area (Å²) < 4.78 is 24.8. The van der Waals surface area contributed by atoms with Gasteiger partial charge in [-0.1, -0.05) is 0 Å². The first-order valence-corrected chi connectivity index (χ1v) is 10.8. The van der Waals surface area contributed by atoms with E-state index in [0.717, 1.165) is 6.61 Å². The van der Waals surface area contributed by atoms with Crippen molar-refractivity contribution in [3.8, 4) is 0 Å². The fourth-order valence-corrected chi connectivity index (χ4v) is 2.96. The summed E-state index contributed by atoms with van der Waals surface area (Å²) in [5.41, 5.74) is 0. The summed E-state index contributed by atoms with van der Waals surface area (Å²) in [7, 11) is 0. The third-order valence-corrected chi connectivity index (χ3v) is 5.04. The van der Waals surface area contributed by atoms with E-state index in [1.165, 1.54) is 0 Å².